The van der Waals surface area contributed by atoms with Gasteiger partial charge in [0.25, 0.3) is 0 Å². The minimum atomic E-state index is -1.26. The summed E-state index contributed by atoms with van der Waals surface area (Å²) in [5, 5.41) is 23.8. The van der Waals surface area contributed by atoms with E-state index in [0.29, 0.717) is 18.0 Å². The lowest BCUT2D eigenvalue weighted by atomic mass is 10.3. The van der Waals surface area contributed by atoms with Crippen molar-refractivity contribution in [3.63, 3.8) is 0 Å². The van der Waals surface area contributed by atoms with Crippen molar-refractivity contribution in [1.82, 2.24) is 24.6 Å². The number of likely N-dealkylation sites (tertiary alicyclic amines) is 1. The molecule has 0 atom stereocenters. The van der Waals surface area contributed by atoms with Crippen LogP contribution in [0.4, 0.5) is 5.82 Å². The second-order valence-electron chi connectivity index (χ2n) is 7.15. The van der Waals surface area contributed by atoms with Crippen molar-refractivity contribution in [3.05, 3.63) is 24.7 Å². The molecule has 2 aromatic rings. The lowest BCUT2D eigenvalue weighted by molar-refractivity contribution is -0.134. The number of aromatic nitrogens is 4. The van der Waals surface area contributed by atoms with Crippen LogP contribution in [-0.2, 0) is 20.9 Å². The van der Waals surface area contributed by atoms with Gasteiger partial charge in [-0.2, -0.15) is 5.10 Å². The van der Waals surface area contributed by atoms with E-state index in [2.05, 4.69) is 25.3 Å². The van der Waals surface area contributed by atoms with Gasteiger partial charge in [-0.3, -0.25) is 4.79 Å². The lowest BCUT2D eigenvalue weighted by Gasteiger charge is -2.14. The molecule has 11 nitrogen and oxygen atoms in total. The molecule has 11 heteroatoms. The zero-order valence-electron chi connectivity index (χ0n) is 16.4. The maximum absolute atomic E-state index is 11.9. The van der Waals surface area contributed by atoms with Gasteiger partial charge in [-0.1, -0.05) is 0 Å². The largest absolute Gasteiger partial charge is 0.478 e. The van der Waals surface area contributed by atoms with E-state index in [0.717, 1.165) is 37.0 Å². The Morgan fingerprint density at radius 2 is 1.73 bits per heavy atom. The molecule has 2 fully saturated rings. The monoisotopic (exact) mass is 416 g/mol. The highest BCUT2D eigenvalue weighted by molar-refractivity contribution is 5.99. The number of carbonyl (C=O) groups excluding carboxylic acids is 1. The van der Waals surface area contributed by atoms with Crippen LogP contribution in [0.2, 0.25) is 0 Å². The Labute approximate surface area is 172 Å². The summed E-state index contributed by atoms with van der Waals surface area (Å²) < 4.78 is 1.90. The van der Waals surface area contributed by atoms with Gasteiger partial charge in [-0.25, -0.2) is 24.2 Å². The van der Waals surface area contributed by atoms with Crippen LogP contribution in [-0.4, -0.2) is 72.3 Å². The fraction of sp³-hybridized carbons (Fsp3) is 0.474. The highest BCUT2D eigenvalue weighted by Gasteiger charge is 2.30. The van der Waals surface area contributed by atoms with Crippen LogP contribution in [0.3, 0.4) is 0 Å². The predicted molar refractivity (Wildman–Crippen MR) is 107 cm³/mol. The molecule has 3 heterocycles. The average Bonchev–Trinajstić information content (AvgIpc) is 3.28. The van der Waals surface area contributed by atoms with Crippen molar-refractivity contribution in [3.8, 4) is 0 Å². The fourth-order valence-corrected chi connectivity index (χ4v) is 3.11. The third-order valence-corrected chi connectivity index (χ3v) is 4.82. The normalized spacial score (nSPS) is 16.4. The third-order valence-electron chi connectivity index (χ3n) is 4.82. The minimum Gasteiger partial charge on any atom is -0.478 e. The highest BCUT2D eigenvalue weighted by atomic mass is 16.4. The van der Waals surface area contributed by atoms with Gasteiger partial charge >= 0.3 is 11.9 Å². The smallest absolute Gasteiger partial charge is 0.328 e. The van der Waals surface area contributed by atoms with Gasteiger partial charge in [0.05, 0.1) is 18.1 Å². The second-order valence-corrected chi connectivity index (χ2v) is 7.15. The number of anilines is 1. The molecule has 2 aliphatic rings. The molecule has 1 saturated carbocycles. The van der Waals surface area contributed by atoms with E-state index in [4.69, 9.17) is 10.2 Å². The molecule has 160 valence electrons. The number of fused-ring (bicyclic) bond motifs is 1. The van der Waals surface area contributed by atoms with E-state index in [1.54, 1.807) is 6.20 Å². The molecule has 3 N–H and O–H groups in total. The molecule has 1 aliphatic heterocycles. The van der Waals surface area contributed by atoms with Crippen LogP contribution in [0.15, 0.2) is 24.7 Å². The number of hydrogen-bond acceptors (Lipinski definition) is 7. The Morgan fingerprint density at radius 3 is 2.33 bits per heavy atom. The first kappa shape index (κ1) is 21.4. The Morgan fingerprint density at radius 1 is 1.07 bits per heavy atom. The molecule has 4 rings (SSSR count). The number of carboxylic acids is 2. The van der Waals surface area contributed by atoms with Gasteiger partial charge in [-0.15, -0.1) is 0 Å². The van der Waals surface area contributed by atoms with Crippen LogP contribution < -0.4 is 5.32 Å². The van der Waals surface area contributed by atoms with E-state index in [1.165, 1.54) is 32.3 Å². The van der Waals surface area contributed by atoms with Gasteiger partial charge in [0.15, 0.2) is 5.65 Å². The summed E-state index contributed by atoms with van der Waals surface area (Å²) in [5.41, 5.74) is 0.792. The first-order valence-electron chi connectivity index (χ1n) is 9.77. The van der Waals surface area contributed by atoms with Crippen LogP contribution >= 0.6 is 0 Å². The van der Waals surface area contributed by atoms with Gasteiger partial charge in [0.1, 0.15) is 12.1 Å². The quantitative estimate of drug-likeness (QED) is 0.561. The molecular formula is C19H24N6O5. The van der Waals surface area contributed by atoms with Crippen LogP contribution in [0.5, 0.6) is 0 Å². The Bertz CT molecular complexity index is 930. The molecule has 2 aromatic heterocycles. The molecule has 1 aliphatic carbocycles. The fourth-order valence-electron chi connectivity index (χ4n) is 3.11. The first-order chi connectivity index (χ1) is 14.4. The highest BCUT2D eigenvalue weighted by Crippen LogP contribution is 2.30. The van der Waals surface area contributed by atoms with Crippen LogP contribution in [0.25, 0.3) is 11.0 Å². The summed E-state index contributed by atoms with van der Waals surface area (Å²) in [4.78, 5) is 42.0. The van der Waals surface area contributed by atoms with Crippen molar-refractivity contribution in [2.75, 3.05) is 25.0 Å². The lowest BCUT2D eigenvalue weighted by Crippen LogP contribution is -2.24. The summed E-state index contributed by atoms with van der Waals surface area (Å²) in [6, 6.07) is 0. The van der Waals surface area contributed by atoms with Gasteiger partial charge < -0.3 is 20.4 Å². The zero-order chi connectivity index (χ0) is 21.5. The third kappa shape index (κ3) is 6.08. The number of amides is 1. The molecule has 0 bridgehead atoms. The van der Waals surface area contributed by atoms with Gasteiger partial charge in [0, 0.05) is 24.6 Å². The summed E-state index contributed by atoms with van der Waals surface area (Å²) in [7, 11) is 0. The molecule has 0 radical (unpaired) electrons. The van der Waals surface area contributed by atoms with Crippen molar-refractivity contribution in [2.45, 2.75) is 32.2 Å². The van der Waals surface area contributed by atoms with E-state index in [1.807, 2.05) is 4.68 Å². The average molecular weight is 416 g/mol. The molecular weight excluding hydrogens is 392 g/mol. The standard InChI is InChI=1S/C15H20N6O.C4H4O4/c22-15(11-3-4-11)19-13-12-9-18-21(14(12)17-10-16-13)8-7-20-5-1-2-6-20;5-3(6)1-2-4(7)8/h9-11H,1-8H2,(H,16,17,19,22);1-2H,(H,5,6)(H,7,8)/b;2-1-. The Kier molecular flexibility index (Phi) is 7.07. The van der Waals surface area contributed by atoms with E-state index in [9.17, 15) is 14.4 Å². The van der Waals surface area contributed by atoms with Crippen molar-refractivity contribution < 1.29 is 24.6 Å². The van der Waals surface area contributed by atoms with Crippen LogP contribution in [0.1, 0.15) is 25.7 Å². The van der Waals surface area contributed by atoms with Crippen molar-refractivity contribution in [1.29, 1.82) is 0 Å². The molecule has 0 spiro atoms. The summed E-state index contributed by atoms with van der Waals surface area (Å²) >= 11 is 0. The number of aliphatic carboxylic acids is 2. The Balaban J connectivity index is 0.000000275. The minimum absolute atomic E-state index is 0.0600. The van der Waals surface area contributed by atoms with Crippen LogP contribution in [0, 0.1) is 5.92 Å². The number of nitrogens with zero attached hydrogens (tertiary/aromatic N) is 5. The molecule has 30 heavy (non-hydrogen) atoms. The van der Waals surface area contributed by atoms with Gasteiger partial charge in [0.2, 0.25) is 5.91 Å². The Hall–Kier alpha value is -3.34. The zero-order valence-corrected chi connectivity index (χ0v) is 16.4. The topological polar surface area (TPSA) is 151 Å². The summed E-state index contributed by atoms with van der Waals surface area (Å²) in [5.74, 6) is -1.71. The SMILES string of the molecule is O=C(Nc1ncnc2c1cnn2CCN1CCCC1)C1CC1.O=C(O)/C=C\C(=O)O. The van der Waals surface area contributed by atoms with E-state index < -0.39 is 11.9 Å². The number of hydrogen-bond donors (Lipinski definition) is 3. The molecule has 1 amide bonds. The number of nitrogens with one attached hydrogen (secondary N) is 1. The summed E-state index contributed by atoms with van der Waals surface area (Å²) in [6.45, 7) is 4.16. The van der Waals surface area contributed by atoms with E-state index in [-0.39, 0.29) is 11.8 Å². The maximum atomic E-state index is 11.9. The first-order valence-corrected chi connectivity index (χ1v) is 9.77. The number of carboxylic acid groups (broad SMARTS) is 2. The van der Waals surface area contributed by atoms with Crippen molar-refractivity contribution in [2.24, 2.45) is 5.92 Å². The molecule has 0 aromatic carbocycles. The van der Waals surface area contributed by atoms with E-state index >= 15 is 0 Å². The second kappa shape index (κ2) is 9.92. The molecule has 1 saturated heterocycles. The number of rotatable bonds is 7. The van der Waals surface area contributed by atoms with Gasteiger partial charge in [-0.05, 0) is 38.8 Å². The predicted octanol–water partition coefficient (Wildman–Crippen LogP) is 0.982. The summed E-state index contributed by atoms with van der Waals surface area (Å²) in [6.07, 6.45) is 8.91. The number of carbonyl (C=O) groups is 3. The molecule has 0 unspecified atom stereocenters. The van der Waals surface area contributed by atoms with Crippen molar-refractivity contribution >= 4 is 34.7 Å². The maximum Gasteiger partial charge on any atom is 0.328 e.